The third kappa shape index (κ3) is 0.808. The van der Waals surface area contributed by atoms with Gasteiger partial charge in [0.2, 0.25) is 5.95 Å². The molecule has 0 bridgehead atoms. The fourth-order valence-corrected chi connectivity index (χ4v) is 1.09. The smallest absolute Gasteiger partial charge is 0.184 e. The Morgan fingerprint density at radius 3 is 2.64 bits per heavy atom. The summed E-state index contributed by atoms with van der Waals surface area (Å²) >= 11 is 0. The van der Waals surface area contributed by atoms with E-state index in [1.165, 1.54) is 0 Å². The first-order chi connectivity index (χ1) is 5.29. The van der Waals surface area contributed by atoms with E-state index >= 15 is 0 Å². The summed E-state index contributed by atoms with van der Waals surface area (Å²) in [5.74, 6) is -0.833. The van der Waals surface area contributed by atoms with Crippen molar-refractivity contribution in [3.05, 3.63) is 36.4 Å². The molecule has 0 saturated heterocycles. The van der Waals surface area contributed by atoms with Crippen LogP contribution in [0.25, 0.3) is 10.8 Å². The van der Waals surface area contributed by atoms with Gasteiger partial charge in [0.1, 0.15) is 0 Å². The Kier molecular flexibility index (Phi) is 1.18. The molecule has 0 saturated carbocycles. The maximum Gasteiger partial charge on any atom is 0.229 e. The van der Waals surface area contributed by atoms with Gasteiger partial charge in [-0.15, -0.1) is 0 Å². The van der Waals surface area contributed by atoms with E-state index in [2.05, 4.69) is 0 Å². The third-order valence-corrected chi connectivity index (χ3v) is 1.62. The molecule has 2 rings (SSSR count). The van der Waals surface area contributed by atoms with Crippen molar-refractivity contribution in [3.63, 3.8) is 0 Å². The highest BCUT2D eigenvalue weighted by Crippen LogP contribution is 2.18. The monoisotopic (exact) mass is 153 g/mol. The third-order valence-electron chi connectivity index (χ3n) is 1.62. The number of benzene rings is 1. The lowest BCUT2D eigenvalue weighted by Gasteiger charge is -1.85. The van der Waals surface area contributed by atoms with Crippen molar-refractivity contribution in [2.45, 2.75) is 0 Å². The highest BCUT2D eigenvalue weighted by molar-refractivity contribution is 5.82. The highest BCUT2D eigenvalue weighted by atomic mass is 19.2. The van der Waals surface area contributed by atoms with Crippen LogP contribution in [0.5, 0.6) is 0 Å². The molecule has 11 heavy (non-hydrogen) atoms. The standard InChI is InChI=1S/C8H5F2N/c9-8-7-4-2-1-3-6(7)5-11(8)10/h1-5H. The Morgan fingerprint density at radius 2 is 1.91 bits per heavy atom. The summed E-state index contributed by atoms with van der Waals surface area (Å²) in [6.07, 6.45) is 1.12. The van der Waals surface area contributed by atoms with Gasteiger partial charge in [-0.05, 0) is 6.07 Å². The summed E-state index contributed by atoms with van der Waals surface area (Å²) in [5.41, 5.74) is 0. The molecule has 0 amide bonds. The molecule has 0 aliphatic carbocycles. The van der Waals surface area contributed by atoms with Crippen LogP contribution < -0.4 is 0 Å². The largest absolute Gasteiger partial charge is 0.229 e. The van der Waals surface area contributed by atoms with Gasteiger partial charge in [-0.1, -0.05) is 22.7 Å². The van der Waals surface area contributed by atoms with E-state index in [1.807, 2.05) is 0 Å². The van der Waals surface area contributed by atoms with Crippen LogP contribution in [0.1, 0.15) is 0 Å². The number of halogens is 2. The Balaban J connectivity index is 2.92. The maximum absolute atomic E-state index is 12.7. The fourth-order valence-electron chi connectivity index (χ4n) is 1.09. The predicted octanol–water partition coefficient (Wildman–Crippen LogP) is 2.51. The van der Waals surface area contributed by atoms with Crippen molar-refractivity contribution >= 4 is 10.8 Å². The van der Waals surface area contributed by atoms with Crippen LogP contribution in [0.2, 0.25) is 0 Å². The number of hydrogen-bond donors (Lipinski definition) is 0. The van der Waals surface area contributed by atoms with Gasteiger partial charge in [0.05, 0.1) is 0 Å². The molecule has 0 fully saturated rings. The normalized spacial score (nSPS) is 10.7. The van der Waals surface area contributed by atoms with Gasteiger partial charge < -0.3 is 0 Å². The molecule has 0 aliphatic rings. The Hall–Kier alpha value is -1.38. The van der Waals surface area contributed by atoms with Gasteiger partial charge in [-0.3, -0.25) is 0 Å². The number of nitrogens with zero attached hydrogens (tertiary/aromatic N) is 1. The molecular weight excluding hydrogens is 148 g/mol. The molecule has 0 radical (unpaired) electrons. The fraction of sp³-hybridized carbons (Fsp3) is 0. The first-order valence-electron chi connectivity index (χ1n) is 3.21. The number of hydrogen-bond acceptors (Lipinski definition) is 0. The Labute approximate surface area is 61.8 Å². The molecule has 0 unspecified atom stereocenters. The quantitative estimate of drug-likeness (QED) is 0.548. The number of fused-ring (bicyclic) bond motifs is 1. The Bertz CT molecular complexity index is 392. The number of aromatic nitrogens is 1. The summed E-state index contributed by atoms with van der Waals surface area (Å²) in [7, 11) is 0. The molecule has 0 atom stereocenters. The van der Waals surface area contributed by atoms with Gasteiger partial charge in [-0.2, -0.15) is 9.18 Å². The SMILES string of the molecule is Fc1c2ccccc2cn1F. The minimum absolute atomic E-state index is 0.00926. The van der Waals surface area contributed by atoms with Crippen LogP contribution >= 0.6 is 0 Å². The van der Waals surface area contributed by atoms with Gasteiger partial charge >= 0.3 is 0 Å². The maximum atomic E-state index is 12.7. The second-order valence-corrected chi connectivity index (χ2v) is 2.32. The van der Waals surface area contributed by atoms with E-state index < -0.39 is 5.95 Å². The topological polar surface area (TPSA) is 4.93 Å². The lowest BCUT2D eigenvalue weighted by Crippen LogP contribution is -1.81. The van der Waals surface area contributed by atoms with Crippen molar-refractivity contribution in [1.29, 1.82) is 0 Å². The molecule has 1 heterocycles. The molecule has 1 aromatic heterocycles. The van der Waals surface area contributed by atoms with Gasteiger partial charge in [0.25, 0.3) is 0 Å². The van der Waals surface area contributed by atoms with E-state index in [4.69, 9.17) is 0 Å². The van der Waals surface area contributed by atoms with Gasteiger partial charge in [-0.25, -0.2) is 0 Å². The summed E-state index contributed by atoms with van der Waals surface area (Å²) in [6.45, 7) is 0. The second-order valence-electron chi connectivity index (χ2n) is 2.32. The van der Waals surface area contributed by atoms with Gasteiger partial charge in [0.15, 0.2) is 0 Å². The molecular formula is C8H5F2N. The minimum Gasteiger partial charge on any atom is -0.184 e. The molecule has 1 nitrogen and oxygen atoms in total. The number of rotatable bonds is 0. The van der Waals surface area contributed by atoms with Crippen LogP contribution in [0, 0.1) is 5.95 Å². The first kappa shape index (κ1) is 6.34. The molecule has 0 spiro atoms. The van der Waals surface area contributed by atoms with Crippen molar-refractivity contribution in [3.8, 4) is 0 Å². The zero-order chi connectivity index (χ0) is 7.84. The van der Waals surface area contributed by atoms with E-state index in [-0.39, 0.29) is 4.79 Å². The van der Waals surface area contributed by atoms with Crippen LogP contribution in [-0.4, -0.2) is 4.79 Å². The molecule has 0 N–H and O–H groups in total. The van der Waals surface area contributed by atoms with Crippen LogP contribution in [0.3, 0.4) is 0 Å². The van der Waals surface area contributed by atoms with Crippen molar-refractivity contribution < 1.29 is 8.87 Å². The average molecular weight is 153 g/mol. The molecule has 56 valence electrons. The van der Waals surface area contributed by atoms with Crippen molar-refractivity contribution in [1.82, 2.24) is 4.79 Å². The van der Waals surface area contributed by atoms with Crippen LogP contribution in [-0.2, 0) is 0 Å². The first-order valence-corrected chi connectivity index (χ1v) is 3.21. The highest BCUT2D eigenvalue weighted by Gasteiger charge is 2.05. The Morgan fingerprint density at radius 1 is 1.18 bits per heavy atom. The van der Waals surface area contributed by atoms with E-state index in [1.54, 1.807) is 24.3 Å². The van der Waals surface area contributed by atoms with E-state index in [9.17, 15) is 8.87 Å². The summed E-state index contributed by atoms with van der Waals surface area (Å²) in [6, 6.07) is 6.61. The molecule has 1 aromatic carbocycles. The summed E-state index contributed by atoms with van der Waals surface area (Å²) in [5, 5.41) is 0.891. The van der Waals surface area contributed by atoms with Crippen LogP contribution in [0.4, 0.5) is 8.87 Å². The lowest BCUT2D eigenvalue weighted by molar-refractivity contribution is 0.303. The van der Waals surface area contributed by atoms with Gasteiger partial charge in [0, 0.05) is 17.0 Å². The van der Waals surface area contributed by atoms with Crippen molar-refractivity contribution in [2.24, 2.45) is 0 Å². The molecule has 0 aliphatic heterocycles. The molecule has 3 heteroatoms. The summed E-state index contributed by atoms with van der Waals surface area (Å²) < 4.78 is 25.2. The van der Waals surface area contributed by atoms with E-state index in [0.717, 1.165) is 6.20 Å². The zero-order valence-electron chi connectivity index (χ0n) is 5.59. The minimum atomic E-state index is -0.833. The zero-order valence-corrected chi connectivity index (χ0v) is 5.59. The average Bonchev–Trinajstić information content (AvgIpc) is 2.30. The van der Waals surface area contributed by atoms with Crippen LogP contribution in [0.15, 0.2) is 30.5 Å². The molecule has 2 aromatic rings. The predicted molar refractivity (Wildman–Crippen MR) is 38.4 cm³/mol. The summed E-state index contributed by atoms with van der Waals surface area (Å²) in [4.78, 5) is -0.00926. The van der Waals surface area contributed by atoms with E-state index in [0.29, 0.717) is 10.8 Å². The second kappa shape index (κ2) is 2.05. The van der Waals surface area contributed by atoms with Crippen molar-refractivity contribution in [2.75, 3.05) is 0 Å². The lowest BCUT2D eigenvalue weighted by atomic mass is 10.2.